The van der Waals surface area contributed by atoms with E-state index >= 15 is 0 Å². The highest BCUT2D eigenvalue weighted by molar-refractivity contribution is 7.07. The molecule has 4 nitrogen and oxygen atoms in total. The van der Waals surface area contributed by atoms with Crippen molar-refractivity contribution < 1.29 is 4.79 Å². The van der Waals surface area contributed by atoms with Crippen molar-refractivity contribution in [2.24, 2.45) is 0 Å². The van der Waals surface area contributed by atoms with Crippen molar-refractivity contribution in [3.05, 3.63) is 28.3 Å². The van der Waals surface area contributed by atoms with E-state index in [2.05, 4.69) is 15.0 Å². The van der Waals surface area contributed by atoms with Crippen molar-refractivity contribution >= 4 is 17.1 Å². The molecule has 2 aromatic heterocycles. The largest absolute Gasteiger partial charge is 0.294 e. The number of Topliss-reactive ketones (excluding diaryl/α,β-unsaturated/α-hetero) is 1. The Balaban J connectivity index is 2.08. The molecular formula is C11H9N3OS. The van der Waals surface area contributed by atoms with E-state index < -0.39 is 0 Å². The summed E-state index contributed by atoms with van der Waals surface area (Å²) >= 11 is 1.51. The summed E-state index contributed by atoms with van der Waals surface area (Å²) in [7, 11) is 0. The molecule has 16 heavy (non-hydrogen) atoms. The Labute approximate surface area is 96.4 Å². The van der Waals surface area contributed by atoms with Crippen LogP contribution in [-0.4, -0.2) is 20.7 Å². The lowest BCUT2D eigenvalue weighted by atomic mass is 9.96. The van der Waals surface area contributed by atoms with E-state index in [1.807, 2.05) is 5.38 Å². The van der Waals surface area contributed by atoms with E-state index in [4.69, 9.17) is 0 Å². The number of carbonyl (C=O) groups is 1. The van der Waals surface area contributed by atoms with Crippen LogP contribution in [0.3, 0.4) is 0 Å². The summed E-state index contributed by atoms with van der Waals surface area (Å²) in [6, 6.07) is 0. The smallest absolute Gasteiger partial charge is 0.179 e. The molecule has 0 saturated heterocycles. The maximum absolute atomic E-state index is 11.6. The third-order valence-electron chi connectivity index (χ3n) is 2.65. The molecule has 0 saturated carbocycles. The van der Waals surface area contributed by atoms with Crippen LogP contribution in [0.4, 0.5) is 0 Å². The van der Waals surface area contributed by atoms with Gasteiger partial charge in [0.2, 0.25) is 0 Å². The first-order valence-electron chi connectivity index (χ1n) is 5.12. The van der Waals surface area contributed by atoms with Crippen LogP contribution in [0.5, 0.6) is 0 Å². The van der Waals surface area contributed by atoms with Crippen molar-refractivity contribution in [1.29, 1.82) is 0 Å². The van der Waals surface area contributed by atoms with E-state index in [-0.39, 0.29) is 5.78 Å². The Kier molecular flexibility index (Phi) is 2.25. The summed E-state index contributed by atoms with van der Waals surface area (Å²) in [5.41, 5.74) is 4.09. The van der Waals surface area contributed by atoms with E-state index in [0.717, 1.165) is 24.2 Å². The molecule has 0 atom stereocenters. The van der Waals surface area contributed by atoms with Gasteiger partial charge in [0.15, 0.2) is 11.6 Å². The van der Waals surface area contributed by atoms with Crippen molar-refractivity contribution in [3.8, 4) is 11.5 Å². The average Bonchev–Trinajstić information content (AvgIpc) is 2.82. The quantitative estimate of drug-likeness (QED) is 0.754. The molecule has 0 unspecified atom stereocenters. The molecule has 0 bridgehead atoms. The molecule has 0 N–H and O–H groups in total. The van der Waals surface area contributed by atoms with Crippen molar-refractivity contribution in [2.45, 2.75) is 19.3 Å². The Morgan fingerprint density at radius 3 is 3.00 bits per heavy atom. The number of nitrogens with zero attached hydrogens (tertiary/aromatic N) is 3. The number of hydrogen-bond acceptors (Lipinski definition) is 5. The van der Waals surface area contributed by atoms with Gasteiger partial charge < -0.3 is 0 Å². The minimum atomic E-state index is 0.158. The lowest BCUT2D eigenvalue weighted by molar-refractivity contribution is 0.0971. The van der Waals surface area contributed by atoms with Gasteiger partial charge in [0.1, 0.15) is 5.69 Å². The number of aromatic nitrogens is 3. The molecule has 80 valence electrons. The molecule has 0 spiro atoms. The molecule has 1 aliphatic carbocycles. The standard InChI is InChI=1S/C11H9N3OS/c15-10-3-1-2-8-7(10)4-12-11(14-8)9-5-16-6-13-9/h4-6H,1-3H2. The average molecular weight is 231 g/mol. The van der Waals surface area contributed by atoms with Crippen LogP contribution in [0, 0.1) is 0 Å². The molecule has 5 heteroatoms. The predicted octanol–water partition coefficient (Wildman–Crippen LogP) is 2.12. The van der Waals surface area contributed by atoms with Gasteiger partial charge in [-0.15, -0.1) is 11.3 Å². The zero-order valence-electron chi connectivity index (χ0n) is 8.51. The summed E-state index contributed by atoms with van der Waals surface area (Å²) in [5.74, 6) is 0.778. The molecule has 2 heterocycles. The van der Waals surface area contributed by atoms with Crippen LogP contribution in [0.1, 0.15) is 28.9 Å². The second-order valence-corrected chi connectivity index (χ2v) is 4.42. The zero-order valence-corrected chi connectivity index (χ0v) is 9.33. The van der Waals surface area contributed by atoms with Crippen LogP contribution in [0.2, 0.25) is 0 Å². The second kappa shape index (κ2) is 3.75. The Morgan fingerprint density at radius 1 is 1.25 bits per heavy atom. The molecule has 2 aromatic rings. The van der Waals surface area contributed by atoms with Gasteiger partial charge in [0.05, 0.1) is 16.8 Å². The fourth-order valence-corrected chi connectivity index (χ4v) is 2.37. The number of ketones is 1. The van der Waals surface area contributed by atoms with Crippen LogP contribution >= 0.6 is 11.3 Å². The fourth-order valence-electron chi connectivity index (χ4n) is 1.84. The Morgan fingerprint density at radius 2 is 2.19 bits per heavy atom. The first-order chi connectivity index (χ1) is 7.84. The van der Waals surface area contributed by atoms with Crippen molar-refractivity contribution in [1.82, 2.24) is 15.0 Å². The summed E-state index contributed by atoms with van der Waals surface area (Å²) in [6.45, 7) is 0. The van der Waals surface area contributed by atoms with Crippen LogP contribution in [0.25, 0.3) is 11.5 Å². The molecule has 0 fully saturated rings. The zero-order chi connectivity index (χ0) is 11.0. The van der Waals surface area contributed by atoms with Gasteiger partial charge in [-0.3, -0.25) is 4.79 Å². The Bertz CT molecular complexity index is 536. The molecule has 0 aliphatic heterocycles. The second-order valence-electron chi connectivity index (χ2n) is 3.70. The third-order valence-corrected chi connectivity index (χ3v) is 3.23. The minimum Gasteiger partial charge on any atom is -0.294 e. The normalized spacial score (nSPS) is 14.9. The number of hydrogen-bond donors (Lipinski definition) is 0. The van der Waals surface area contributed by atoms with Crippen molar-refractivity contribution in [2.75, 3.05) is 0 Å². The van der Waals surface area contributed by atoms with Gasteiger partial charge in [-0.05, 0) is 12.8 Å². The third kappa shape index (κ3) is 1.53. The van der Waals surface area contributed by atoms with Crippen molar-refractivity contribution in [3.63, 3.8) is 0 Å². The lowest BCUT2D eigenvalue weighted by Gasteiger charge is -2.13. The monoisotopic (exact) mass is 231 g/mol. The number of carbonyl (C=O) groups excluding carboxylic acids is 1. The predicted molar refractivity (Wildman–Crippen MR) is 60.4 cm³/mol. The van der Waals surface area contributed by atoms with Crippen LogP contribution in [0.15, 0.2) is 17.1 Å². The highest BCUT2D eigenvalue weighted by Crippen LogP contribution is 2.22. The maximum atomic E-state index is 11.6. The highest BCUT2D eigenvalue weighted by Gasteiger charge is 2.19. The Hall–Kier alpha value is -1.62. The molecule has 1 aliphatic rings. The minimum absolute atomic E-state index is 0.158. The first kappa shape index (κ1) is 9.59. The molecule has 0 radical (unpaired) electrons. The van der Waals surface area contributed by atoms with Crippen LogP contribution < -0.4 is 0 Å². The first-order valence-corrected chi connectivity index (χ1v) is 6.06. The van der Waals surface area contributed by atoms with E-state index in [1.54, 1.807) is 11.7 Å². The lowest BCUT2D eigenvalue weighted by Crippen LogP contribution is -2.13. The highest BCUT2D eigenvalue weighted by atomic mass is 32.1. The summed E-state index contributed by atoms with van der Waals surface area (Å²) in [6.07, 6.45) is 4.00. The molecule has 3 rings (SSSR count). The number of fused-ring (bicyclic) bond motifs is 1. The number of thiazole rings is 1. The summed E-state index contributed by atoms with van der Waals surface area (Å²) in [4.78, 5) is 24.4. The fraction of sp³-hybridized carbons (Fsp3) is 0.273. The van der Waals surface area contributed by atoms with Gasteiger partial charge in [-0.2, -0.15) is 0 Å². The maximum Gasteiger partial charge on any atom is 0.179 e. The number of aryl methyl sites for hydroxylation is 1. The van der Waals surface area contributed by atoms with Gasteiger partial charge in [0, 0.05) is 18.0 Å². The van der Waals surface area contributed by atoms with E-state index in [0.29, 0.717) is 17.8 Å². The molecular weight excluding hydrogens is 222 g/mol. The van der Waals surface area contributed by atoms with Gasteiger partial charge in [0.25, 0.3) is 0 Å². The van der Waals surface area contributed by atoms with Gasteiger partial charge in [-0.1, -0.05) is 0 Å². The molecule has 0 amide bonds. The summed E-state index contributed by atoms with van der Waals surface area (Å²) in [5, 5.41) is 1.91. The van der Waals surface area contributed by atoms with Gasteiger partial charge >= 0.3 is 0 Å². The number of rotatable bonds is 1. The van der Waals surface area contributed by atoms with E-state index in [9.17, 15) is 4.79 Å². The summed E-state index contributed by atoms with van der Waals surface area (Å²) < 4.78 is 0. The van der Waals surface area contributed by atoms with E-state index in [1.165, 1.54) is 11.3 Å². The topological polar surface area (TPSA) is 55.7 Å². The van der Waals surface area contributed by atoms with Crippen LogP contribution in [-0.2, 0) is 6.42 Å². The molecule has 0 aromatic carbocycles. The van der Waals surface area contributed by atoms with Gasteiger partial charge in [-0.25, -0.2) is 15.0 Å². The SMILES string of the molecule is O=C1CCCc2nc(-c3cscn3)ncc21.